The third-order valence-corrected chi connectivity index (χ3v) is 7.59. The number of hydrogen-bond acceptors (Lipinski definition) is 3. The summed E-state index contributed by atoms with van der Waals surface area (Å²) in [7, 11) is 5.09. The maximum atomic E-state index is 6.28. The van der Waals surface area contributed by atoms with Crippen molar-refractivity contribution in [2.75, 3.05) is 21.3 Å². The second-order valence-electron chi connectivity index (χ2n) is 9.51. The largest absolute Gasteiger partial charge is 0.497 e. The summed E-state index contributed by atoms with van der Waals surface area (Å²) in [5.41, 5.74) is 10.2. The highest BCUT2D eigenvalue weighted by Crippen LogP contribution is 2.54. The zero-order valence-electron chi connectivity index (χ0n) is 21.8. The van der Waals surface area contributed by atoms with Gasteiger partial charge < -0.3 is 18.8 Å². The Morgan fingerprint density at radius 3 is 1.97 bits per heavy atom. The number of nitrogens with zero attached hydrogens (tertiary/aromatic N) is 1. The van der Waals surface area contributed by atoms with Crippen LogP contribution in [0, 0.1) is 6.92 Å². The molecule has 0 bridgehead atoms. The average Bonchev–Trinajstić information content (AvgIpc) is 3.50. The summed E-state index contributed by atoms with van der Waals surface area (Å²) < 4.78 is 19.5. The van der Waals surface area contributed by atoms with E-state index in [4.69, 9.17) is 25.8 Å². The van der Waals surface area contributed by atoms with Gasteiger partial charge in [-0.25, -0.2) is 0 Å². The fourth-order valence-electron chi connectivity index (χ4n) is 5.47. The minimum Gasteiger partial charge on any atom is -0.497 e. The fourth-order valence-corrected chi connectivity index (χ4v) is 5.60. The van der Waals surface area contributed by atoms with Crippen LogP contribution in [-0.2, 0) is 0 Å². The van der Waals surface area contributed by atoms with Crippen LogP contribution in [-0.4, -0.2) is 25.9 Å². The van der Waals surface area contributed by atoms with E-state index in [1.54, 1.807) is 21.3 Å². The molecule has 0 saturated heterocycles. The van der Waals surface area contributed by atoms with Gasteiger partial charge in [-0.15, -0.1) is 0 Å². The first-order valence-corrected chi connectivity index (χ1v) is 12.9. The average molecular weight is 522 g/mol. The van der Waals surface area contributed by atoms with Gasteiger partial charge in [-0.2, -0.15) is 0 Å². The normalized spacial score (nSPS) is 13.7. The Hall–Kier alpha value is -4.15. The summed E-state index contributed by atoms with van der Waals surface area (Å²) >= 11 is 6.28. The van der Waals surface area contributed by atoms with E-state index >= 15 is 0 Å². The topological polar surface area (TPSA) is 32.6 Å². The molecule has 0 N–H and O–H groups in total. The van der Waals surface area contributed by atoms with Crippen LogP contribution in [0.1, 0.15) is 28.3 Å². The number of aromatic nitrogens is 1. The Bertz CT molecular complexity index is 1620. The van der Waals surface area contributed by atoms with Gasteiger partial charge in [0.05, 0.1) is 38.6 Å². The summed E-state index contributed by atoms with van der Waals surface area (Å²) in [4.78, 5) is 0. The Kier molecular flexibility index (Phi) is 6.13. The molecule has 5 aromatic rings. The first kappa shape index (κ1) is 24.2. The van der Waals surface area contributed by atoms with Crippen molar-refractivity contribution >= 4 is 11.6 Å². The van der Waals surface area contributed by atoms with E-state index in [1.165, 1.54) is 11.3 Å². The van der Waals surface area contributed by atoms with Gasteiger partial charge >= 0.3 is 0 Å². The van der Waals surface area contributed by atoms with E-state index < -0.39 is 0 Å². The highest BCUT2D eigenvalue weighted by molar-refractivity contribution is 6.30. The Morgan fingerprint density at radius 2 is 1.34 bits per heavy atom. The van der Waals surface area contributed by atoms with Crippen LogP contribution in [0.25, 0.3) is 28.1 Å². The van der Waals surface area contributed by atoms with Crippen molar-refractivity contribution in [2.24, 2.45) is 0 Å². The molecule has 5 heteroatoms. The number of methoxy groups -OCH3 is 3. The second-order valence-corrected chi connectivity index (χ2v) is 9.94. The van der Waals surface area contributed by atoms with E-state index in [2.05, 4.69) is 72.2 Å². The zero-order valence-corrected chi connectivity index (χ0v) is 22.5. The Labute approximate surface area is 228 Å². The molecule has 1 atom stereocenters. The Balaban J connectivity index is 1.71. The van der Waals surface area contributed by atoms with E-state index in [-0.39, 0.29) is 5.92 Å². The van der Waals surface area contributed by atoms with E-state index in [0.29, 0.717) is 5.02 Å². The van der Waals surface area contributed by atoms with Crippen LogP contribution in [0.3, 0.4) is 0 Å². The third-order valence-electron chi connectivity index (χ3n) is 7.34. The molecule has 0 saturated carbocycles. The van der Waals surface area contributed by atoms with Crippen molar-refractivity contribution in [3.63, 3.8) is 0 Å². The quantitative estimate of drug-likeness (QED) is 0.221. The van der Waals surface area contributed by atoms with Crippen LogP contribution in [0.2, 0.25) is 5.02 Å². The summed E-state index contributed by atoms with van der Waals surface area (Å²) in [5, 5.41) is 0.713. The smallest absolute Gasteiger partial charge is 0.128 e. The third kappa shape index (κ3) is 3.93. The lowest BCUT2D eigenvalue weighted by molar-refractivity contribution is 0.391. The number of fused-ring (bicyclic) bond motifs is 3. The minimum atomic E-state index is -0.0679. The predicted molar refractivity (Wildman–Crippen MR) is 153 cm³/mol. The van der Waals surface area contributed by atoms with Crippen LogP contribution < -0.4 is 14.2 Å². The molecule has 0 radical (unpaired) electrons. The molecule has 4 aromatic carbocycles. The van der Waals surface area contributed by atoms with Gasteiger partial charge in [0.15, 0.2) is 0 Å². The van der Waals surface area contributed by atoms with Crippen LogP contribution in [0.5, 0.6) is 17.2 Å². The van der Waals surface area contributed by atoms with Crippen LogP contribution >= 0.6 is 11.6 Å². The molecule has 38 heavy (non-hydrogen) atoms. The molecule has 4 nitrogen and oxygen atoms in total. The van der Waals surface area contributed by atoms with Gasteiger partial charge in [0.1, 0.15) is 17.2 Å². The van der Waals surface area contributed by atoms with Gasteiger partial charge in [0, 0.05) is 34.0 Å². The highest BCUT2D eigenvalue weighted by Gasteiger charge is 2.38. The molecule has 1 aromatic heterocycles. The van der Waals surface area contributed by atoms with Crippen LogP contribution in [0.15, 0.2) is 91.0 Å². The lowest BCUT2D eigenvalue weighted by atomic mass is 9.86. The summed E-state index contributed by atoms with van der Waals surface area (Å²) in [5.74, 6) is 2.29. The van der Waals surface area contributed by atoms with Crippen molar-refractivity contribution < 1.29 is 14.2 Å². The second kappa shape index (κ2) is 9.62. The number of halogens is 1. The predicted octanol–water partition coefficient (Wildman–Crippen LogP) is 8.29. The van der Waals surface area contributed by atoms with E-state index in [9.17, 15) is 0 Å². The molecule has 0 amide bonds. The van der Waals surface area contributed by atoms with Crippen molar-refractivity contribution in [3.8, 4) is 45.3 Å². The molecule has 190 valence electrons. The molecule has 0 spiro atoms. The standard InChI is InChI=1S/C33H28ClNO3/c1-20-5-7-22(8-6-20)28-19-27(21-9-13-24(34)14-10-21)33-31(23-11-15-25(36-2)16-12-23)32-29(35(28)33)17-26(37-3)18-30(32)38-4/h5-19,31H,1-4H3. The lowest BCUT2D eigenvalue weighted by Gasteiger charge is -2.18. The number of ether oxygens (including phenoxy) is 3. The fraction of sp³-hybridized carbons (Fsp3) is 0.152. The molecule has 1 aliphatic heterocycles. The summed E-state index contributed by atoms with van der Waals surface area (Å²) in [6, 6.07) is 31.4. The number of aryl methyl sites for hydroxylation is 1. The van der Waals surface area contributed by atoms with Crippen molar-refractivity contribution in [1.29, 1.82) is 0 Å². The first-order chi connectivity index (χ1) is 18.5. The van der Waals surface area contributed by atoms with Crippen LogP contribution in [0.4, 0.5) is 0 Å². The molecular weight excluding hydrogens is 494 g/mol. The zero-order chi connectivity index (χ0) is 26.4. The van der Waals surface area contributed by atoms with E-state index in [1.807, 2.05) is 30.3 Å². The van der Waals surface area contributed by atoms with Gasteiger partial charge in [0.2, 0.25) is 0 Å². The molecule has 2 heterocycles. The van der Waals surface area contributed by atoms with Crippen molar-refractivity contribution in [3.05, 3.63) is 118 Å². The SMILES string of the molecule is COc1ccc(C2c3c(OC)cc(OC)cc3-n3c(-c4ccc(C)cc4)cc(-c4ccc(Cl)cc4)c32)cc1. The minimum absolute atomic E-state index is 0.0679. The summed E-state index contributed by atoms with van der Waals surface area (Å²) in [6.07, 6.45) is 0. The van der Waals surface area contributed by atoms with Crippen molar-refractivity contribution in [1.82, 2.24) is 4.57 Å². The molecule has 0 fully saturated rings. The van der Waals surface area contributed by atoms with E-state index in [0.717, 1.165) is 56.4 Å². The maximum Gasteiger partial charge on any atom is 0.128 e. The van der Waals surface area contributed by atoms with Gasteiger partial charge in [0.25, 0.3) is 0 Å². The van der Waals surface area contributed by atoms with Gasteiger partial charge in [-0.3, -0.25) is 0 Å². The number of hydrogen-bond donors (Lipinski definition) is 0. The number of benzene rings is 4. The molecule has 1 aliphatic rings. The molecular formula is C33H28ClNO3. The number of rotatable bonds is 6. The molecule has 0 aliphatic carbocycles. The van der Waals surface area contributed by atoms with Gasteiger partial charge in [-0.05, 0) is 53.9 Å². The van der Waals surface area contributed by atoms with Gasteiger partial charge in [-0.1, -0.05) is 65.7 Å². The highest BCUT2D eigenvalue weighted by atomic mass is 35.5. The lowest BCUT2D eigenvalue weighted by Crippen LogP contribution is -2.03. The summed E-state index contributed by atoms with van der Waals surface area (Å²) in [6.45, 7) is 2.11. The van der Waals surface area contributed by atoms with Crippen molar-refractivity contribution in [2.45, 2.75) is 12.8 Å². The maximum absolute atomic E-state index is 6.28. The molecule has 1 unspecified atom stereocenters. The first-order valence-electron chi connectivity index (χ1n) is 12.5. The monoisotopic (exact) mass is 521 g/mol. The Morgan fingerprint density at radius 1 is 0.684 bits per heavy atom. The molecule has 6 rings (SSSR count).